The zero-order valence-corrected chi connectivity index (χ0v) is 16.6. The van der Waals surface area contributed by atoms with E-state index in [2.05, 4.69) is 18.4 Å². The van der Waals surface area contributed by atoms with Crippen molar-refractivity contribution in [2.45, 2.75) is 72.8 Å². The van der Waals surface area contributed by atoms with Crippen molar-refractivity contribution in [3.05, 3.63) is 29.3 Å². The number of rotatable bonds is 5. The maximum Gasteiger partial charge on any atom is 0.695 e. The van der Waals surface area contributed by atoms with E-state index in [9.17, 15) is 9.36 Å². The molecule has 0 heterocycles. The van der Waals surface area contributed by atoms with Gasteiger partial charge in [0.15, 0.2) is 0 Å². The van der Waals surface area contributed by atoms with Crippen LogP contribution in [0.15, 0.2) is 18.2 Å². The highest BCUT2D eigenvalue weighted by Gasteiger charge is 2.29. The molecule has 0 aromatic heterocycles. The zero-order valence-electron chi connectivity index (χ0n) is 15.8. The van der Waals surface area contributed by atoms with Crippen molar-refractivity contribution in [3.63, 3.8) is 0 Å². The van der Waals surface area contributed by atoms with E-state index in [4.69, 9.17) is 9.63 Å². The first-order chi connectivity index (χ1) is 11.0. The van der Waals surface area contributed by atoms with Gasteiger partial charge in [0.25, 0.3) is 0 Å². The van der Waals surface area contributed by atoms with Crippen molar-refractivity contribution in [3.8, 4) is 5.75 Å². The highest BCUT2D eigenvalue weighted by molar-refractivity contribution is 7.32. The molecule has 1 N–H and O–H groups in total. The molecule has 1 rings (SSSR count). The number of hydrogen-bond acceptors (Lipinski definition) is 4. The molecule has 0 fully saturated rings. The van der Waals surface area contributed by atoms with Crippen LogP contribution >= 0.6 is 8.25 Å². The molecule has 0 aliphatic carbocycles. The van der Waals surface area contributed by atoms with Crippen molar-refractivity contribution in [1.29, 1.82) is 0 Å². The quantitative estimate of drug-likeness (QED) is 0.453. The molecule has 24 heavy (non-hydrogen) atoms. The summed E-state index contributed by atoms with van der Waals surface area (Å²) < 4.78 is 20.4. The third-order valence-electron chi connectivity index (χ3n) is 3.24. The Kier molecular flexibility index (Phi) is 9.98. The molecule has 0 saturated heterocycles. The van der Waals surface area contributed by atoms with Gasteiger partial charge >= 0.3 is 14.2 Å². The average Bonchev–Trinajstić information content (AvgIpc) is 2.45. The van der Waals surface area contributed by atoms with Crippen molar-refractivity contribution in [1.82, 2.24) is 0 Å². The van der Waals surface area contributed by atoms with Crippen LogP contribution < -0.4 is 4.74 Å². The number of benzene rings is 1. The lowest BCUT2D eigenvalue weighted by atomic mass is 9.86. The molecule has 0 aliphatic rings. The van der Waals surface area contributed by atoms with E-state index in [0.29, 0.717) is 5.75 Å². The van der Waals surface area contributed by atoms with E-state index < -0.39 is 20.3 Å². The molecule has 0 radical (unpaired) electrons. The third kappa shape index (κ3) is 8.53. The zero-order chi connectivity index (χ0) is 18.9. The summed E-state index contributed by atoms with van der Waals surface area (Å²) in [7, 11) is -2.83. The second-order valence-electron chi connectivity index (χ2n) is 6.66. The summed E-state index contributed by atoms with van der Waals surface area (Å²) in [5.74, 6) is -0.246. The third-order valence-corrected chi connectivity index (χ3v) is 3.73. The number of aryl methyl sites for hydroxylation is 1. The van der Waals surface area contributed by atoms with Gasteiger partial charge in [0.2, 0.25) is 6.10 Å². The number of carbonyl (C=O) groups is 1. The Morgan fingerprint density at radius 1 is 1.25 bits per heavy atom. The Hall–Kier alpha value is -1.29. The van der Waals surface area contributed by atoms with E-state index >= 15 is 0 Å². The Balaban J connectivity index is 0.00000118. The maximum atomic E-state index is 11.9. The van der Waals surface area contributed by atoms with Crippen LogP contribution in [0.2, 0.25) is 0 Å². The van der Waals surface area contributed by atoms with Crippen LogP contribution in [0.1, 0.15) is 65.5 Å². The lowest BCUT2D eigenvalue weighted by Gasteiger charge is -2.22. The molecular weight excluding hydrogens is 327 g/mol. The van der Waals surface area contributed by atoms with E-state index in [1.807, 2.05) is 39.8 Å². The van der Waals surface area contributed by atoms with Crippen molar-refractivity contribution >= 4 is 14.2 Å². The largest absolute Gasteiger partial charge is 0.695 e. The monoisotopic (exact) mass is 357 g/mol. The van der Waals surface area contributed by atoms with Crippen molar-refractivity contribution in [2.75, 3.05) is 0 Å². The smallest absolute Gasteiger partial charge is 0.424 e. The molecule has 1 aromatic carbocycles. The lowest BCUT2D eigenvalue weighted by Crippen LogP contribution is -2.25. The Labute approximate surface area is 146 Å². The summed E-state index contributed by atoms with van der Waals surface area (Å²) in [6, 6.07) is 5.63. The number of esters is 1. The molecular formula is C18H30O5P+. The Bertz CT molecular complexity index is 547. The molecule has 136 valence electrons. The Morgan fingerprint density at radius 3 is 2.21 bits per heavy atom. The SMILES string of the molecule is CCCC.Cc1ccc(C(C)(C)C)c(OC(=O)C(C)O[P+](=O)O)c1. The van der Waals surface area contributed by atoms with Crippen LogP contribution in [-0.4, -0.2) is 17.0 Å². The second kappa shape index (κ2) is 10.5. The van der Waals surface area contributed by atoms with E-state index in [1.54, 1.807) is 6.07 Å². The number of ether oxygens (including phenoxy) is 1. The number of carbonyl (C=O) groups excluding carboxylic acids is 1. The summed E-state index contributed by atoms with van der Waals surface area (Å²) in [6.45, 7) is 13.7. The van der Waals surface area contributed by atoms with Crippen LogP contribution in [0, 0.1) is 6.92 Å². The first kappa shape index (κ1) is 22.7. The van der Waals surface area contributed by atoms with E-state index in [1.165, 1.54) is 19.8 Å². The number of hydrogen-bond donors (Lipinski definition) is 1. The van der Waals surface area contributed by atoms with Crippen molar-refractivity contribution in [2.24, 2.45) is 0 Å². The van der Waals surface area contributed by atoms with Gasteiger partial charge in [0, 0.05) is 10.1 Å². The minimum Gasteiger partial charge on any atom is -0.424 e. The van der Waals surface area contributed by atoms with Gasteiger partial charge in [-0.05, 0) is 30.9 Å². The molecule has 2 unspecified atom stereocenters. The molecule has 0 amide bonds. The maximum absolute atomic E-state index is 11.9. The van der Waals surface area contributed by atoms with Crippen LogP contribution in [0.3, 0.4) is 0 Å². The van der Waals surface area contributed by atoms with Gasteiger partial charge in [-0.25, -0.2) is 4.79 Å². The minimum absolute atomic E-state index is 0.185. The van der Waals surface area contributed by atoms with Gasteiger partial charge in [-0.2, -0.15) is 0 Å². The first-order valence-electron chi connectivity index (χ1n) is 8.18. The standard InChI is InChI=1S/C14H19O5P.C4H10/c1-9-6-7-11(14(3,4)5)12(8-9)18-13(15)10(2)19-20(16)17;1-3-4-2/h6-8,10H,1-5H3;3-4H2,1-2H3/p+1. The summed E-state index contributed by atoms with van der Waals surface area (Å²) in [6.07, 6.45) is 1.54. The van der Waals surface area contributed by atoms with Crippen molar-refractivity contribution < 1.29 is 23.5 Å². The lowest BCUT2D eigenvalue weighted by molar-refractivity contribution is -0.141. The minimum atomic E-state index is -2.83. The highest BCUT2D eigenvalue weighted by atomic mass is 31.1. The van der Waals surface area contributed by atoms with Crippen LogP contribution in [0.4, 0.5) is 0 Å². The fraction of sp³-hybridized carbons (Fsp3) is 0.611. The molecule has 6 heteroatoms. The van der Waals surface area contributed by atoms with Crippen LogP contribution in [-0.2, 0) is 19.3 Å². The van der Waals surface area contributed by atoms with Crippen LogP contribution in [0.5, 0.6) is 5.75 Å². The topological polar surface area (TPSA) is 72.8 Å². The predicted octanol–water partition coefficient (Wildman–Crippen LogP) is 5.06. The predicted molar refractivity (Wildman–Crippen MR) is 96.5 cm³/mol. The van der Waals surface area contributed by atoms with Gasteiger partial charge in [0.05, 0.1) is 0 Å². The summed E-state index contributed by atoms with van der Waals surface area (Å²) in [4.78, 5) is 20.5. The summed E-state index contributed by atoms with van der Waals surface area (Å²) in [5.41, 5.74) is 1.66. The van der Waals surface area contributed by atoms with Gasteiger partial charge < -0.3 is 4.74 Å². The fourth-order valence-electron chi connectivity index (χ4n) is 1.70. The first-order valence-corrected chi connectivity index (χ1v) is 9.31. The highest BCUT2D eigenvalue weighted by Crippen LogP contribution is 2.32. The number of unbranched alkanes of at least 4 members (excludes halogenated alkanes) is 1. The molecule has 0 aliphatic heterocycles. The molecule has 0 bridgehead atoms. The van der Waals surface area contributed by atoms with Gasteiger partial charge in [-0.15, -0.1) is 9.42 Å². The second-order valence-corrected chi connectivity index (χ2v) is 7.34. The molecule has 0 saturated carbocycles. The van der Waals surface area contributed by atoms with Gasteiger partial charge in [0.1, 0.15) is 5.75 Å². The molecule has 5 nitrogen and oxygen atoms in total. The summed E-state index contributed by atoms with van der Waals surface area (Å²) >= 11 is 0. The Morgan fingerprint density at radius 2 is 1.79 bits per heavy atom. The normalized spacial score (nSPS) is 12.8. The fourth-order valence-corrected chi connectivity index (χ4v) is 2.06. The van der Waals surface area contributed by atoms with E-state index in [-0.39, 0.29) is 5.41 Å². The van der Waals surface area contributed by atoms with E-state index in [0.717, 1.165) is 11.1 Å². The van der Waals surface area contributed by atoms with Crippen LogP contribution in [0.25, 0.3) is 0 Å². The molecule has 0 spiro atoms. The molecule has 1 aromatic rings. The average molecular weight is 357 g/mol. The molecule has 2 atom stereocenters. The van der Waals surface area contributed by atoms with Gasteiger partial charge in [-0.3, -0.25) is 0 Å². The van der Waals surface area contributed by atoms with Gasteiger partial charge in [-0.1, -0.05) is 59.6 Å². The summed E-state index contributed by atoms with van der Waals surface area (Å²) in [5, 5.41) is 0.